The molecular formula is C19H24F2N4O3. The van der Waals surface area contributed by atoms with Crippen LogP contribution in [-0.4, -0.2) is 42.9 Å². The zero-order chi connectivity index (χ0) is 20.4. The molecule has 0 aliphatic carbocycles. The summed E-state index contributed by atoms with van der Waals surface area (Å²) in [5.41, 5.74) is 1.31. The zero-order valence-electron chi connectivity index (χ0n) is 15.7. The van der Waals surface area contributed by atoms with Gasteiger partial charge in [-0.3, -0.25) is 0 Å². The average Bonchev–Trinajstić information content (AvgIpc) is 2.70. The van der Waals surface area contributed by atoms with Crippen LogP contribution in [0.5, 0.6) is 11.6 Å². The van der Waals surface area contributed by atoms with Gasteiger partial charge in [-0.2, -0.15) is 8.78 Å². The van der Waals surface area contributed by atoms with Gasteiger partial charge in [-0.25, -0.2) is 9.98 Å². The van der Waals surface area contributed by atoms with Crippen molar-refractivity contribution in [1.29, 1.82) is 0 Å². The van der Waals surface area contributed by atoms with Gasteiger partial charge in [-0.15, -0.1) is 0 Å². The molecule has 1 aromatic heterocycles. The lowest BCUT2D eigenvalue weighted by Gasteiger charge is -2.16. The summed E-state index contributed by atoms with van der Waals surface area (Å²) >= 11 is 0. The molecule has 0 radical (unpaired) electrons. The van der Waals surface area contributed by atoms with E-state index in [0.717, 1.165) is 5.69 Å². The number of aromatic nitrogens is 1. The Morgan fingerprint density at radius 1 is 1.18 bits per heavy atom. The van der Waals surface area contributed by atoms with Crippen LogP contribution in [0.4, 0.5) is 8.78 Å². The first-order valence-electron chi connectivity index (χ1n) is 8.76. The van der Waals surface area contributed by atoms with E-state index < -0.39 is 12.7 Å². The predicted molar refractivity (Wildman–Crippen MR) is 102 cm³/mol. The number of aliphatic imine (C=N–C) groups is 1. The number of rotatable bonds is 9. The molecular weight excluding hydrogens is 370 g/mol. The average molecular weight is 394 g/mol. The number of hydrogen-bond acceptors (Lipinski definition) is 5. The Balaban J connectivity index is 1.93. The van der Waals surface area contributed by atoms with Gasteiger partial charge in [0.25, 0.3) is 0 Å². The summed E-state index contributed by atoms with van der Waals surface area (Å²) in [4.78, 5) is 8.73. The molecule has 0 bridgehead atoms. The van der Waals surface area contributed by atoms with Crippen LogP contribution >= 0.6 is 0 Å². The van der Waals surface area contributed by atoms with Crippen LogP contribution in [0.1, 0.15) is 24.3 Å². The predicted octanol–water partition coefficient (Wildman–Crippen LogP) is 2.48. The van der Waals surface area contributed by atoms with Crippen LogP contribution in [0.25, 0.3) is 0 Å². The second-order valence-corrected chi connectivity index (χ2v) is 5.71. The summed E-state index contributed by atoms with van der Waals surface area (Å²) in [6.45, 7) is 0.219. The SMILES string of the molecule is CCNC(=NCc1cccc(OC)n1)NCC(O)c1ccc(OC(F)F)cc1. The molecule has 1 aromatic carbocycles. The molecule has 9 heteroatoms. The van der Waals surface area contributed by atoms with E-state index in [-0.39, 0.29) is 12.3 Å². The molecule has 2 aromatic rings. The topological polar surface area (TPSA) is 88.0 Å². The molecule has 0 amide bonds. The number of hydrogen-bond donors (Lipinski definition) is 3. The molecule has 152 valence electrons. The van der Waals surface area contributed by atoms with E-state index >= 15 is 0 Å². The molecule has 0 saturated heterocycles. The molecule has 1 atom stereocenters. The van der Waals surface area contributed by atoms with Gasteiger partial charge >= 0.3 is 6.61 Å². The minimum Gasteiger partial charge on any atom is -0.481 e. The molecule has 28 heavy (non-hydrogen) atoms. The second kappa shape index (κ2) is 11.0. The molecule has 0 fully saturated rings. The number of guanidine groups is 1. The van der Waals surface area contributed by atoms with Crippen molar-refractivity contribution in [2.75, 3.05) is 20.2 Å². The van der Waals surface area contributed by atoms with Crippen LogP contribution in [-0.2, 0) is 6.54 Å². The lowest BCUT2D eigenvalue weighted by atomic mass is 10.1. The van der Waals surface area contributed by atoms with Gasteiger partial charge in [0.05, 0.1) is 25.5 Å². The first kappa shape index (κ1) is 21.4. The Hall–Kier alpha value is -2.94. The molecule has 0 spiro atoms. The normalized spacial score (nSPS) is 12.6. The van der Waals surface area contributed by atoms with Crippen molar-refractivity contribution in [3.63, 3.8) is 0 Å². The van der Waals surface area contributed by atoms with E-state index in [2.05, 4.69) is 25.3 Å². The molecule has 1 heterocycles. The first-order chi connectivity index (χ1) is 13.5. The third-order valence-corrected chi connectivity index (χ3v) is 3.69. The highest BCUT2D eigenvalue weighted by molar-refractivity contribution is 5.79. The van der Waals surface area contributed by atoms with Crippen LogP contribution < -0.4 is 20.1 Å². The quantitative estimate of drug-likeness (QED) is 0.447. The number of aliphatic hydroxyl groups is 1. The fraction of sp³-hybridized carbons (Fsp3) is 0.368. The molecule has 0 aliphatic heterocycles. The van der Waals surface area contributed by atoms with E-state index in [4.69, 9.17) is 4.74 Å². The Labute approximate surface area is 162 Å². The third kappa shape index (κ3) is 6.99. The maximum absolute atomic E-state index is 12.2. The smallest absolute Gasteiger partial charge is 0.387 e. The summed E-state index contributed by atoms with van der Waals surface area (Å²) < 4.78 is 33.8. The van der Waals surface area contributed by atoms with Crippen molar-refractivity contribution in [2.24, 2.45) is 4.99 Å². The maximum Gasteiger partial charge on any atom is 0.387 e. The number of halogens is 2. The van der Waals surface area contributed by atoms with Crippen LogP contribution in [0, 0.1) is 0 Å². The van der Waals surface area contributed by atoms with Crippen molar-refractivity contribution in [3.8, 4) is 11.6 Å². The number of nitrogens with zero attached hydrogens (tertiary/aromatic N) is 2. The first-order valence-corrected chi connectivity index (χ1v) is 8.76. The van der Waals surface area contributed by atoms with Gasteiger partial charge in [0.1, 0.15) is 5.75 Å². The lowest BCUT2D eigenvalue weighted by Crippen LogP contribution is -2.39. The van der Waals surface area contributed by atoms with Crippen LogP contribution in [0.15, 0.2) is 47.5 Å². The third-order valence-electron chi connectivity index (χ3n) is 3.69. The molecule has 0 aliphatic rings. The Morgan fingerprint density at radius 3 is 2.57 bits per heavy atom. The number of pyridine rings is 1. The van der Waals surface area contributed by atoms with Crippen molar-refractivity contribution in [2.45, 2.75) is 26.2 Å². The molecule has 3 N–H and O–H groups in total. The molecule has 1 unspecified atom stereocenters. The minimum absolute atomic E-state index is 0.0413. The van der Waals surface area contributed by atoms with E-state index in [1.54, 1.807) is 13.2 Å². The summed E-state index contributed by atoms with van der Waals surface area (Å²) in [6, 6.07) is 11.3. The highest BCUT2D eigenvalue weighted by Gasteiger charge is 2.10. The van der Waals surface area contributed by atoms with Gasteiger partial charge < -0.3 is 25.2 Å². The van der Waals surface area contributed by atoms with Gasteiger partial charge in [0.2, 0.25) is 5.88 Å². The standard InChI is InChI=1S/C19H24F2N4O3/c1-3-22-19(23-11-14-5-4-6-17(25-14)27-2)24-12-16(26)13-7-9-15(10-8-13)28-18(20)21/h4-10,16,18,26H,3,11-12H2,1-2H3,(H2,22,23,24). The van der Waals surface area contributed by atoms with E-state index in [9.17, 15) is 13.9 Å². The largest absolute Gasteiger partial charge is 0.481 e. The van der Waals surface area contributed by atoms with Gasteiger partial charge in [0, 0.05) is 19.2 Å². The number of benzene rings is 1. The Morgan fingerprint density at radius 2 is 1.93 bits per heavy atom. The lowest BCUT2D eigenvalue weighted by molar-refractivity contribution is -0.0498. The number of aliphatic hydroxyl groups excluding tert-OH is 1. The van der Waals surface area contributed by atoms with Gasteiger partial charge in [0.15, 0.2) is 5.96 Å². The van der Waals surface area contributed by atoms with Crippen molar-refractivity contribution >= 4 is 5.96 Å². The molecule has 0 saturated carbocycles. The van der Waals surface area contributed by atoms with E-state index in [1.165, 1.54) is 24.3 Å². The highest BCUT2D eigenvalue weighted by atomic mass is 19.3. The van der Waals surface area contributed by atoms with Gasteiger partial charge in [-0.1, -0.05) is 18.2 Å². The van der Waals surface area contributed by atoms with Gasteiger partial charge in [-0.05, 0) is 30.7 Å². The number of ether oxygens (including phenoxy) is 2. The number of methoxy groups -OCH3 is 1. The van der Waals surface area contributed by atoms with Crippen LogP contribution in [0.3, 0.4) is 0 Å². The summed E-state index contributed by atoms with van der Waals surface area (Å²) in [6.07, 6.45) is -0.848. The summed E-state index contributed by atoms with van der Waals surface area (Å²) in [5.74, 6) is 1.07. The van der Waals surface area contributed by atoms with Crippen molar-refractivity contribution in [3.05, 3.63) is 53.7 Å². The number of alkyl halides is 2. The fourth-order valence-electron chi connectivity index (χ4n) is 2.34. The molecule has 7 nitrogen and oxygen atoms in total. The highest BCUT2D eigenvalue weighted by Crippen LogP contribution is 2.19. The monoisotopic (exact) mass is 394 g/mol. The maximum atomic E-state index is 12.2. The van der Waals surface area contributed by atoms with E-state index in [1.807, 2.05) is 19.1 Å². The van der Waals surface area contributed by atoms with Crippen molar-refractivity contribution in [1.82, 2.24) is 15.6 Å². The Bertz CT molecular complexity index is 757. The summed E-state index contributed by atoms with van der Waals surface area (Å²) in [5, 5.41) is 16.4. The van der Waals surface area contributed by atoms with E-state index in [0.29, 0.717) is 30.5 Å². The second-order valence-electron chi connectivity index (χ2n) is 5.71. The number of nitrogens with one attached hydrogen (secondary N) is 2. The Kier molecular flexibility index (Phi) is 8.41. The minimum atomic E-state index is -2.88. The summed E-state index contributed by atoms with van der Waals surface area (Å²) in [7, 11) is 1.55. The zero-order valence-corrected chi connectivity index (χ0v) is 15.7. The molecule has 2 rings (SSSR count). The van der Waals surface area contributed by atoms with Crippen LogP contribution in [0.2, 0.25) is 0 Å². The van der Waals surface area contributed by atoms with Crippen molar-refractivity contribution < 1.29 is 23.4 Å². The fourth-order valence-corrected chi connectivity index (χ4v) is 2.34.